The highest BCUT2D eigenvalue weighted by Crippen LogP contribution is 2.26. The van der Waals surface area contributed by atoms with Crippen molar-refractivity contribution in [3.63, 3.8) is 0 Å². The van der Waals surface area contributed by atoms with E-state index in [4.69, 9.17) is 0 Å². The lowest BCUT2D eigenvalue weighted by atomic mass is 9.94. The number of β-amino-alcohol motifs (C(OH)–C–C–N with tert-alkyl or cyclic N) is 1. The van der Waals surface area contributed by atoms with Gasteiger partial charge in [-0.2, -0.15) is 4.31 Å². The summed E-state index contributed by atoms with van der Waals surface area (Å²) in [5, 5.41) is 10.0. The molecular formula is C12H22N2O4S. The number of likely N-dealkylation sites (tertiary alicyclic amines) is 1. The molecule has 2 aliphatic heterocycles. The molecule has 1 amide bonds. The summed E-state index contributed by atoms with van der Waals surface area (Å²) in [6, 6.07) is -0.580. The third kappa shape index (κ3) is 3.27. The lowest BCUT2D eigenvalue weighted by Crippen LogP contribution is -2.54. The van der Waals surface area contributed by atoms with Gasteiger partial charge in [-0.3, -0.25) is 4.79 Å². The minimum Gasteiger partial charge on any atom is -0.388 e. The Morgan fingerprint density at radius 1 is 1.32 bits per heavy atom. The molecule has 19 heavy (non-hydrogen) atoms. The predicted molar refractivity (Wildman–Crippen MR) is 71.0 cm³/mol. The van der Waals surface area contributed by atoms with Gasteiger partial charge in [0.1, 0.15) is 6.04 Å². The maximum atomic E-state index is 12.5. The van der Waals surface area contributed by atoms with Crippen LogP contribution in [0.5, 0.6) is 0 Å². The van der Waals surface area contributed by atoms with Gasteiger partial charge < -0.3 is 10.0 Å². The molecule has 1 N–H and O–H groups in total. The molecule has 2 unspecified atom stereocenters. The van der Waals surface area contributed by atoms with Crippen LogP contribution in [0.4, 0.5) is 0 Å². The highest BCUT2D eigenvalue weighted by molar-refractivity contribution is 7.88. The second-order valence-electron chi connectivity index (χ2n) is 5.89. The number of carbonyl (C=O) groups excluding carboxylic acids is 1. The Kier molecular flexibility index (Phi) is 3.90. The van der Waals surface area contributed by atoms with Crippen molar-refractivity contribution in [2.75, 3.05) is 25.9 Å². The molecule has 0 aliphatic carbocycles. The minimum atomic E-state index is -3.34. The van der Waals surface area contributed by atoms with Crippen molar-refractivity contribution < 1.29 is 18.3 Å². The molecule has 0 bridgehead atoms. The first-order valence-electron chi connectivity index (χ1n) is 6.69. The van der Waals surface area contributed by atoms with Crippen molar-refractivity contribution in [1.82, 2.24) is 9.21 Å². The number of hydrogen-bond acceptors (Lipinski definition) is 4. The minimum absolute atomic E-state index is 0.164. The van der Waals surface area contributed by atoms with E-state index in [1.807, 2.05) is 0 Å². The van der Waals surface area contributed by atoms with Crippen molar-refractivity contribution >= 4 is 15.9 Å². The van der Waals surface area contributed by atoms with E-state index in [0.717, 1.165) is 12.7 Å². The summed E-state index contributed by atoms with van der Waals surface area (Å²) in [5.74, 6) is -0.164. The third-order valence-electron chi connectivity index (χ3n) is 3.90. The fourth-order valence-electron chi connectivity index (χ4n) is 3.00. The Morgan fingerprint density at radius 3 is 2.58 bits per heavy atom. The Bertz CT molecular complexity index is 460. The SMILES string of the molecule is CC1(O)CCCN(C(=O)C2CCCN2S(C)(=O)=O)C1. The Morgan fingerprint density at radius 2 is 2.00 bits per heavy atom. The summed E-state index contributed by atoms with van der Waals surface area (Å²) in [6.07, 6.45) is 3.87. The van der Waals surface area contributed by atoms with E-state index in [-0.39, 0.29) is 5.91 Å². The Labute approximate surface area is 114 Å². The second kappa shape index (κ2) is 5.03. The van der Waals surface area contributed by atoms with Crippen LogP contribution >= 0.6 is 0 Å². The summed E-state index contributed by atoms with van der Waals surface area (Å²) in [6.45, 7) is 3.03. The molecule has 0 aromatic carbocycles. The molecule has 2 rings (SSSR count). The summed E-state index contributed by atoms with van der Waals surface area (Å²) in [7, 11) is -3.34. The number of carbonyl (C=O) groups is 1. The van der Waals surface area contributed by atoms with Crippen LogP contribution in [0.25, 0.3) is 0 Å². The standard InChI is InChI=1S/C12H22N2O4S/c1-12(16)6-4-7-13(9-12)11(15)10-5-3-8-14(10)19(2,17)18/h10,16H,3-9H2,1-2H3. The maximum Gasteiger partial charge on any atom is 0.241 e. The molecule has 0 spiro atoms. The molecule has 7 heteroatoms. The van der Waals surface area contributed by atoms with Crippen molar-refractivity contribution in [1.29, 1.82) is 0 Å². The first-order valence-corrected chi connectivity index (χ1v) is 8.53. The maximum absolute atomic E-state index is 12.5. The van der Waals surface area contributed by atoms with E-state index in [0.29, 0.717) is 38.9 Å². The monoisotopic (exact) mass is 290 g/mol. The predicted octanol–water partition coefficient (Wildman–Crippen LogP) is -0.216. The van der Waals surface area contributed by atoms with Crippen LogP contribution in [-0.2, 0) is 14.8 Å². The molecule has 0 aromatic rings. The smallest absolute Gasteiger partial charge is 0.241 e. The van der Waals surface area contributed by atoms with Crippen molar-refractivity contribution in [3.05, 3.63) is 0 Å². The van der Waals surface area contributed by atoms with Gasteiger partial charge in [0.05, 0.1) is 11.9 Å². The van der Waals surface area contributed by atoms with Crippen LogP contribution in [0, 0.1) is 0 Å². The number of sulfonamides is 1. The highest BCUT2D eigenvalue weighted by Gasteiger charge is 2.41. The molecule has 2 heterocycles. The molecule has 0 saturated carbocycles. The fraction of sp³-hybridized carbons (Fsp3) is 0.917. The van der Waals surface area contributed by atoms with Gasteiger partial charge in [-0.15, -0.1) is 0 Å². The van der Waals surface area contributed by atoms with Crippen LogP contribution in [0.1, 0.15) is 32.6 Å². The van der Waals surface area contributed by atoms with E-state index in [9.17, 15) is 18.3 Å². The van der Waals surface area contributed by atoms with Crippen molar-refractivity contribution in [2.24, 2.45) is 0 Å². The van der Waals surface area contributed by atoms with Gasteiger partial charge in [0.15, 0.2) is 0 Å². The average molecular weight is 290 g/mol. The topological polar surface area (TPSA) is 77.9 Å². The zero-order chi connectivity index (χ0) is 14.3. The summed E-state index contributed by atoms with van der Waals surface area (Å²) in [5.41, 5.74) is -0.859. The van der Waals surface area contributed by atoms with Crippen molar-refractivity contribution in [3.8, 4) is 0 Å². The van der Waals surface area contributed by atoms with E-state index in [2.05, 4.69) is 0 Å². The lowest BCUT2D eigenvalue weighted by molar-refractivity contribution is -0.140. The quantitative estimate of drug-likeness (QED) is 0.763. The first-order chi connectivity index (χ1) is 8.71. The molecule has 6 nitrogen and oxygen atoms in total. The van der Waals surface area contributed by atoms with E-state index >= 15 is 0 Å². The van der Waals surface area contributed by atoms with Crippen LogP contribution in [-0.4, -0.2) is 66.2 Å². The zero-order valence-electron chi connectivity index (χ0n) is 11.5. The second-order valence-corrected chi connectivity index (χ2v) is 7.83. The van der Waals surface area contributed by atoms with Gasteiger partial charge in [0, 0.05) is 19.6 Å². The average Bonchev–Trinajstić information content (AvgIpc) is 2.75. The molecule has 110 valence electrons. The van der Waals surface area contributed by atoms with Crippen LogP contribution in [0.3, 0.4) is 0 Å². The highest BCUT2D eigenvalue weighted by atomic mass is 32.2. The van der Waals surface area contributed by atoms with Crippen LogP contribution < -0.4 is 0 Å². The van der Waals surface area contributed by atoms with Gasteiger partial charge in [0.25, 0.3) is 0 Å². The van der Waals surface area contributed by atoms with Crippen LogP contribution in [0.2, 0.25) is 0 Å². The van der Waals surface area contributed by atoms with Gasteiger partial charge in [0.2, 0.25) is 15.9 Å². The summed E-state index contributed by atoms with van der Waals surface area (Å²) >= 11 is 0. The Balaban J connectivity index is 2.11. The number of rotatable bonds is 2. The molecule has 2 aliphatic rings. The third-order valence-corrected chi connectivity index (χ3v) is 5.19. The summed E-state index contributed by atoms with van der Waals surface area (Å²) in [4.78, 5) is 14.1. The largest absolute Gasteiger partial charge is 0.388 e. The van der Waals surface area contributed by atoms with Gasteiger partial charge in [-0.25, -0.2) is 8.42 Å². The van der Waals surface area contributed by atoms with E-state index in [1.165, 1.54) is 4.31 Å². The van der Waals surface area contributed by atoms with E-state index < -0.39 is 21.7 Å². The fourth-order valence-corrected chi connectivity index (χ4v) is 4.12. The molecular weight excluding hydrogens is 268 g/mol. The summed E-state index contributed by atoms with van der Waals surface area (Å²) < 4.78 is 24.6. The van der Waals surface area contributed by atoms with Gasteiger partial charge >= 0.3 is 0 Å². The number of amides is 1. The number of piperidine rings is 1. The van der Waals surface area contributed by atoms with Crippen LogP contribution in [0.15, 0.2) is 0 Å². The number of nitrogens with zero attached hydrogens (tertiary/aromatic N) is 2. The molecule has 2 fully saturated rings. The Hall–Kier alpha value is -0.660. The molecule has 2 atom stereocenters. The molecule has 2 saturated heterocycles. The first kappa shape index (κ1) is 14.7. The molecule has 0 aromatic heterocycles. The zero-order valence-corrected chi connectivity index (χ0v) is 12.3. The van der Waals surface area contributed by atoms with Gasteiger partial charge in [-0.05, 0) is 32.6 Å². The normalized spacial score (nSPS) is 33.6. The number of aliphatic hydroxyl groups is 1. The van der Waals surface area contributed by atoms with Gasteiger partial charge in [-0.1, -0.05) is 0 Å². The molecule has 0 radical (unpaired) electrons. The number of hydrogen-bond donors (Lipinski definition) is 1. The van der Waals surface area contributed by atoms with E-state index in [1.54, 1.807) is 11.8 Å². The lowest BCUT2D eigenvalue weighted by Gasteiger charge is -2.38. The van der Waals surface area contributed by atoms with Crippen molar-refractivity contribution in [2.45, 2.75) is 44.2 Å².